The van der Waals surface area contributed by atoms with Crippen LogP contribution in [0.3, 0.4) is 0 Å². The molecule has 0 spiro atoms. The highest BCUT2D eigenvalue weighted by Gasteiger charge is 2.62. The van der Waals surface area contributed by atoms with E-state index >= 15 is 0 Å². The van der Waals surface area contributed by atoms with E-state index in [1.807, 2.05) is 6.07 Å². The number of piperidine rings is 2. The van der Waals surface area contributed by atoms with Gasteiger partial charge in [0.05, 0.1) is 0 Å². The number of hydrogen-bond donors (Lipinski definition) is 2. The standard InChI is InChI=1S/C19H21N3O4/c20-14-2-1-3-15(14)26-12-4-5-13-10(6-12)9-22(17(13)24)19-7-11(8-19)16(23)21-18(19)25/h4-6,11,14-15H,1-3,7-9,20H2,(H,21,23,25)/t11?,14-,15-,19?/m0/s1. The van der Waals surface area contributed by atoms with Gasteiger partial charge < -0.3 is 15.4 Å². The molecule has 1 aromatic rings. The molecule has 136 valence electrons. The summed E-state index contributed by atoms with van der Waals surface area (Å²) in [4.78, 5) is 38.6. The van der Waals surface area contributed by atoms with Crippen LogP contribution in [0.5, 0.6) is 5.75 Å². The Labute approximate surface area is 150 Å². The molecule has 7 nitrogen and oxygen atoms in total. The number of carbonyl (C=O) groups is 3. The van der Waals surface area contributed by atoms with Gasteiger partial charge in [0.25, 0.3) is 11.8 Å². The number of rotatable bonds is 3. The predicted molar refractivity (Wildman–Crippen MR) is 91.2 cm³/mol. The maximum atomic E-state index is 12.9. The van der Waals surface area contributed by atoms with Crippen LogP contribution in [0.15, 0.2) is 18.2 Å². The van der Waals surface area contributed by atoms with Crippen LogP contribution >= 0.6 is 0 Å². The van der Waals surface area contributed by atoms with Gasteiger partial charge in [0.15, 0.2) is 0 Å². The number of nitrogens with two attached hydrogens (primary N) is 1. The lowest BCUT2D eigenvalue weighted by molar-refractivity contribution is -0.160. The molecule has 4 fully saturated rings. The molecule has 0 unspecified atom stereocenters. The number of carbonyl (C=O) groups excluding carboxylic acids is 3. The summed E-state index contributed by atoms with van der Waals surface area (Å²) in [5, 5.41) is 2.40. The molecule has 3 heterocycles. The van der Waals surface area contributed by atoms with Crippen molar-refractivity contribution < 1.29 is 19.1 Å². The van der Waals surface area contributed by atoms with Crippen LogP contribution in [-0.4, -0.2) is 40.3 Å². The second-order valence-corrected chi connectivity index (χ2v) is 7.92. The SMILES string of the molecule is N[C@H]1CCC[C@@H]1Oc1ccc2c(c1)CN(C13CC(C1)C(=O)NC3=O)C2=O. The highest BCUT2D eigenvalue weighted by atomic mass is 16.5. The van der Waals surface area contributed by atoms with Crippen molar-refractivity contribution in [2.75, 3.05) is 0 Å². The van der Waals surface area contributed by atoms with Crippen LogP contribution < -0.4 is 15.8 Å². The van der Waals surface area contributed by atoms with Crippen LogP contribution in [0.4, 0.5) is 0 Å². The van der Waals surface area contributed by atoms with E-state index in [-0.39, 0.29) is 35.8 Å². The lowest BCUT2D eigenvalue weighted by atomic mass is 9.63. The third-order valence-corrected chi connectivity index (χ3v) is 6.39. The summed E-state index contributed by atoms with van der Waals surface area (Å²) in [6, 6.07) is 5.51. The molecule has 0 aromatic heterocycles. The average molecular weight is 355 g/mol. The largest absolute Gasteiger partial charge is 0.489 e. The zero-order valence-corrected chi connectivity index (χ0v) is 14.4. The first kappa shape index (κ1) is 15.8. The lowest BCUT2D eigenvalue weighted by Gasteiger charge is -2.53. The highest BCUT2D eigenvalue weighted by molar-refractivity contribution is 6.10. The molecule has 26 heavy (non-hydrogen) atoms. The Balaban J connectivity index is 1.38. The number of fused-ring (bicyclic) bond motifs is 3. The minimum Gasteiger partial charge on any atom is -0.489 e. The number of nitrogens with zero attached hydrogens (tertiary/aromatic N) is 1. The van der Waals surface area contributed by atoms with E-state index in [9.17, 15) is 14.4 Å². The van der Waals surface area contributed by atoms with Gasteiger partial charge in [0.2, 0.25) is 5.91 Å². The molecule has 3 N–H and O–H groups in total. The maximum Gasteiger partial charge on any atom is 0.255 e. The Morgan fingerprint density at radius 3 is 2.69 bits per heavy atom. The Morgan fingerprint density at radius 2 is 2.00 bits per heavy atom. The quantitative estimate of drug-likeness (QED) is 0.778. The van der Waals surface area contributed by atoms with E-state index in [2.05, 4.69) is 5.32 Å². The number of ether oxygens (including phenoxy) is 1. The summed E-state index contributed by atoms with van der Waals surface area (Å²) < 4.78 is 6.02. The fraction of sp³-hybridized carbons (Fsp3) is 0.526. The molecule has 2 saturated heterocycles. The van der Waals surface area contributed by atoms with Gasteiger partial charge in [0.1, 0.15) is 17.4 Å². The van der Waals surface area contributed by atoms with Crippen molar-refractivity contribution in [1.82, 2.24) is 10.2 Å². The van der Waals surface area contributed by atoms with Gasteiger partial charge >= 0.3 is 0 Å². The van der Waals surface area contributed by atoms with Gasteiger partial charge in [-0.2, -0.15) is 0 Å². The molecule has 0 radical (unpaired) electrons. The molecule has 2 atom stereocenters. The monoisotopic (exact) mass is 355 g/mol. The van der Waals surface area contributed by atoms with E-state index in [4.69, 9.17) is 10.5 Å². The van der Waals surface area contributed by atoms with Crippen molar-refractivity contribution in [1.29, 1.82) is 0 Å². The number of imide groups is 1. The first-order valence-electron chi connectivity index (χ1n) is 9.20. The van der Waals surface area contributed by atoms with Gasteiger partial charge in [-0.1, -0.05) is 0 Å². The number of nitrogens with one attached hydrogen (secondary N) is 1. The maximum absolute atomic E-state index is 12.9. The molecule has 3 amide bonds. The fourth-order valence-electron chi connectivity index (χ4n) is 4.79. The van der Waals surface area contributed by atoms with E-state index < -0.39 is 5.54 Å². The molecule has 3 aliphatic heterocycles. The third-order valence-electron chi connectivity index (χ3n) is 6.39. The van der Waals surface area contributed by atoms with Crippen LogP contribution in [0.25, 0.3) is 0 Å². The van der Waals surface area contributed by atoms with Crippen molar-refractivity contribution in [3.8, 4) is 5.75 Å². The van der Waals surface area contributed by atoms with Crippen LogP contribution in [0.1, 0.15) is 48.0 Å². The molecule has 7 heteroatoms. The molecular formula is C19H21N3O4. The van der Waals surface area contributed by atoms with Gasteiger partial charge in [-0.15, -0.1) is 0 Å². The number of amides is 3. The summed E-state index contributed by atoms with van der Waals surface area (Å²) >= 11 is 0. The van der Waals surface area contributed by atoms with E-state index in [1.54, 1.807) is 17.0 Å². The average Bonchev–Trinajstić information content (AvgIpc) is 3.10. The summed E-state index contributed by atoms with van der Waals surface area (Å²) in [6.45, 7) is 0.371. The predicted octanol–water partition coefficient (Wildman–Crippen LogP) is 0.706. The summed E-state index contributed by atoms with van der Waals surface area (Å²) in [5.74, 6) is -0.156. The van der Waals surface area contributed by atoms with Gasteiger partial charge in [-0.3, -0.25) is 19.7 Å². The fourth-order valence-corrected chi connectivity index (χ4v) is 4.79. The van der Waals surface area contributed by atoms with Gasteiger partial charge in [0, 0.05) is 24.1 Å². The van der Waals surface area contributed by atoms with Crippen molar-refractivity contribution >= 4 is 17.7 Å². The Hall–Kier alpha value is -2.41. The molecular weight excluding hydrogens is 334 g/mol. The number of benzene rings is 1. The molecule has 5 aliphatic rings. The second kappa shape index (κ2) is 5.30. The Morgan fingerprint density at radius 1 is 1.19 bits per heavy atom. The topological polar surface area (TPSA) is 102 Å². The van der Waals surface area contributed by atoms with Crippen LogP contribution in [0.2, 0.25) is 0 Å². The van der Waals surface area contributed by atoms with Crippen molar-refractivity contribution in [2.24, 2.45) is 11.7 Å². The minimum absolute atomic E-state index is 0.0161. The lowest BCUT2D eigenvalue weighted by Crippen LogP contribution is -2.73. The first-order chi connectivity index (χ1) is 12.5. The summed E-state index contributed by atoms with van der Waals surface area (Å²) in [7, 11) is 0. The highest BCUT2D eigenvalue weighted by Crippen LogP contribution is 2.49. The van der Waals surface area contributed by atoms with Crippen molar-refractivity contribution in [3.63, 3.8) is 0 Å². The Bertz CT molecular complexity index is 830. The normalized spacial score (nSPS) is 35.2. The van der Waals surface area contributed by atoms with Crippen LogP contribution in [0, 0.1) is 5.92 Å². The van der Waals surface area contributed by atoms with Gasteiger partial charge in [-0.05, 0) is 55.9 Å². The molecule has 2 aliphatic carbocycles. The minimum atomic E-state index is -0.872. The first-order valence-corrected chi connectivity index (χ1v) is 9.20. The van der Waals surface area contributed by atoms with E-state index in [0.29, 0.717) is 30.7 Å². The molecule has 2 saturated carbocycles. The van der Waals surface area contributed by atoms with Crippen molar-refractivity contribution in [3.05, 3.63) is 29.3 Å². The van der Waals surface area contributed by atoms with E-state index in [1.165, 1.54) is 0 Å². The third kappa shape index (κ3) is 2.06. The zero-order chi connectivity index (χ0) is 18.1. The zero-order valence-electron chi connectivity index (χ0n) is 14.4. The van der Waals surface area contributed by atoms with Crippen molar-refractivity contribution in [2.45, 2.75) is 56.3 Å². The molecule has 2 bridgehead atoms. The smallest absolute Gasteiger partial charge is 0.255 e. The van der Waals surface area contributed by atoms with Gasteiger partial charge in [-0.25, -0.2) is 0 Å². The molecule has 6 rings (SSSR count). The second-order valence-electron chi connectivity index (χ2n) is 7.92. The number of hydrogen-bond acceptors (Lipinski definition) is 5. The Kier molecular flexibility index (Phi) is 3.22. The summed E-state index contributed by atoms with van der Waals surface area (Å²) in [5.41, 5.74) is 6.67. The van der Waals surface area contributed by atoms with Crippen LogP contribution in [-0.2, 0) is 16.1 Å². The van der Waals surface area contributed by atoms with E-state index in [0.717, 1.165) is 24.8 Å². The summed E-state index contributed by atoms with van der Waals surface area (Å²) in [6.07, 6.45) is 3.86. The molecule has 1 aromatic carbocycles.